The molecule has 2 aromatic carbocycles. The molecule has 0 aliphatic carbocycles. The summed E-state index contributed by atoms with van der Waals surface area (Å²) in [5.74, 6) is 0.626. The molecule has 150 valence electrons. The Bertz CT molecular complexity index is 1050. The zero-order valence-electron chi connectivity index (χ0n) is 15.1. The van der Waals surface area contributed by atoms with Crippen molar-refractivity contribution in [2.24, 2.45) is 0 Å². The maximum absolute atomic E-state index is 5.71. The Morgan fingerprint density at radius 1 is 0.857 bits per heavy atom. The molecule has 4 rings (SSSR count). The fraction of sp³-hybridized carbons (Fsp3) is 0.200. The molecular formula is C20H23Cl3N4O. The van der Waals surface area contributed by atoms with E-state index in [9.17, 15) is 0 Å². The minimum Gasteiger partial charge on any atom is -0.412 e. The molecule has 0 saturated heterocycles. The smallest absolute Gasteiger partial charge is 0.0809 e. The Morgan fingerprint density at radius 3 is 2.50 bits per heavy atom. The Labute approximate surface area is 181 Å². The van der Waals surface area contributed by atoms with Gasteiger partial charge in [0, 0.05) is 59.5 Å². The van der Waals surface area contributed by atoms with E-state index in [0.29, 0.717) is 5.88 Å². The molecule has 0 aliphatic heterocycles. The van der Waals surface area contributed by atoms with Crippen LogP contribution in [0.4, 0.5) is 5.69 Å². The summed E-state index contributed by atoms with van der Waals surface area (Å²) in [6.45, 7) is 2.51. The summed E-state index contributed by atoms with van der Waals surface area (Å²) >= 11 is 5.71. The van der Waals surface area contributed by atoms with E-state index in [0.717, 1.165) is 57.9 Å². The zero-order valence-corrected chi connectivity index (χ0v) is 17.5. The van der Waals surface area contributed by atoms with Crippen LogP contribution in [0.5, 0.6) is 0 Å². The molecule has 0 fully saturated rings. The molecule has 4 aromatic rings. The predicted octanol–water partition coefficient (Wildman–Crippen LogP) is 4.20. The first kappa shape index (κ1) is 24.1. The third kappa shape index (κ3) is 4.74. The summed E-state index contributed by atoms with van der Waals surface area (Å²) in [6.07, 6.45) is 3.71. The van der Waals surface area contributed by atoms with Crippen LogP contribution in [0.25, 0.3) is 32.6 Å². The summed E-state index contributed by atoms with van der Waals surface area (Å²) in [4.78, 5) is 9.14. The van der Waals surface area contributed by atoms with Crippen LogP contribution in [0.15, 0.2) is 54.9 Å². The van der Waals surface area contributed by atoms with E-state index in [1.54, 1.807) is 0 Å². The molecule has 2 aromatic heterocycles. The van der Waals surface area contributed by atoms with Crippen molar-refractivity contribution < 1.29 is 5.48 Å². The Balaban J connectivity index is 0.00000131. The number of nitrogens with one attached hydrogen (secondary N) is 2. The molecule has 2 heterocycles. The number of hydrogen-bond donors (Lipinski definition) is 2. The lowest BCUT2D eigenvalue weighted by atomic mass is 10.0. The van der Waals surface area contributed by atoms with E-state index in [-0.39, 0.29) is 30.3 Å². The number of aromatic nitrogens is 2. The van der Waals surface area contributed by atoms with E-state index in [2.05, 4.69) is 45.9 Å². The van der Waals surface area contributed by atoms with Crippen LogP contribution in [0.3, 0.4) is 0 Å². The second-order valence-electron chi connectivity index (χ2n) is 5.93. The molecule has 8 heteroatoms. The van der Waals surface area contributed by atoms with Gasteiger partial charge in [-0.3, -0.25) is 4.98 Å². The van der Waals surface area contributed by atoms with Crippen molar-refractivity contribution in [2.75, 3.05) is 30.8 Å². The van der Waals surface area contributed by atoms with Crippen molar-refractivity contribution in [2.45, 2.75) is 0 Å². The Kier molecular flexibility index (Phi) is 9.65. The number of hydrogen-bond acceptors (Lipinski definition) is 4. The molecular weight excluding hydrogens is 419 g/mol. The minimum atomic E-state index is 0. The van der Waals surface area contributed by atoms with Gasteiger partial charge in [0.15, 0.2) is 0 Å². The molecule has 0 spiro atoms. The van der Waals surface area contributed by atoms with Crippen LogP contribution in [-0.2, 0) is 0 Å². The fourth-order valence-electron chi connectivity index (χ4n) is 3.18. The number of anilines is 1. The van der Waals surface area contributed by atoms with Crippen molar-refractivity contribution in [3.63, 3.8) is 0 Å². The Hall–Kier alpha value is -1.89. The van der Waals surface area contributed by atoms with Crippen molar-refractivity contribution in [3.8, 4) is 0 Å². The van der Waals surface area contributed by atoms with Crippen molar-refractivity contribution in [3.05, 3.63) is 54.9 Å². The van der Waals surface area contributed by atoms with Gasteiger partial charge >= 0.3 is 0 Å². The average Bonchev–Trinajstić information content (AvgIpc) is 2.67. The second-order valence-corrected chi connectivity index (χ2v) is 6.31. The Morgan fingerprint density at radius 2 is 1.68 bits per heavy atom. The molecule has 0 unspecified atom stereocenters. The van der Waals surface area contributed by atoms with Gasteiger partial charge < -0.3 is 16.1 Å². The third-order valence-electron chi connectivity index (χ3n) is 4.34. The number of nitrogens with zero attached hydrogens (tertiary/aromatic N) is 2. The summed E-state index contributed by atoms with van der Waals surface area (Å²) in [7, 11) is 0. The fourth-order valence-corrected chi connectivity index (χ4v) is 3.31. The normalized spacial score (nSPS) is 10.2. The van der Waals surface area contributed by atoms with E-state index in [1.807, 2.05) is 24.5 Å². The first-order valence-corrected chi connectivity index (χ1v) is 8.97. The summed E-state index contributed by atoms with van der Waals surface area (Å²) in [6, 6.07) is 14.5. The molecule has 0 atom stereocenters. The number of rotatable bonds is 6. The maximum Gasteiger partial charge on any atom is 0.0809 e. The average molecular weight is 442 g/mol. The van der Waals surface area contributed by atoms with E-state index in [4.69, 9.17) is 16.6 Å². The lowest BCUT2D eigenvalue weighted by molar-refractivity contribution is 0.743. The highest BCUT2D eigenvalue weighted by atomic mass is 35.5. The molecule has 0 saturated carbocycles. The van der Waals surface area contributed by atoms with Gasteiger partial charge in [-0.2, -0.15) is 0 Å². The number of alkyl halides is 1. The van der Waals surface area contributed by atoms with Crippen molar-refractivity contribution >= 4 is 74.7 Å². The third-order valence-corrected chi connectivity index (χ3v) is 4.53. The van der Waals surface area contributed by atoms with E-state index < -0.39 is 0 Å². The largest absolute Gasteiger partial charge is 0.412 e. The number of halogens is 3. The van der Waals surface area contributed by atoms with Gasteiger partial charge in [0.05, 0.1) is 16.7 Å². The summed E-state index contributed by atoms with van der Waals surface area (Å²) in [5, 5.41) is 11.4. The lowest BCUT2D eigenvalue weighted by Crippen LogP contribution is -2.24. The topological polar surface area (TPSA) is 81.3 Å². The van der Waals surface area contributed by atoms with E-state index >= 15 is 0 Å². The number of para-hydroxylation sites is 1. The van der Waals surface area contributed by atoms with Gasteiger partial charge in [0.2, 0.25) is 0 Å². The number of fused-ring (bicyclic) bond motifs is 4. The molecule has 28 heavy (non-hydrogen) atoms. The molecule has 4 N–H and O–H groups in total. The first-order chi connectivity index (χ1) is 12.4. The predicted molar refractivity (Wildman–Crippen MR) is 125 cm³/mol. The van der Waals surface area contributed by atoms with Crippen molar-refractivity contribution in [1.29, 1.82) is 0 Å². The molecule has 0 aliphatic rings. The van der Waals surface area contributed by atoms with Crippen LogP contribution in [0.1, 0.15) is 0 Å². The van der Waals surface area contributed by atoms with Crippen LogP contribution >= 0.6 is 36.4 Å². The van der Waals surface area contributed by atoms with Gasteiger partial charge in [-0.25, -0.2) is 4.98 Å². The maximum atomic E-state index is 5.71. The minimum absolute atomic E-state index is 0. The van der Waals surface area contributed by atoms with Gasteiger partial charge in [-0.1, -0.05) is 30.3 Å². The van der Waals surface area contributed by atoms with Crippen LogP contribution < -0.4 is 10.6 Å². The summed E-state index contributed by atoms with van der Waals surface area (Å²) < 4.78 is 0. The number of benzene rings is 2. The molecule has 0 radical (unpaired) electrons. The standard InChI is InChI=1S/C20H19ClN4.2ClH.H2O/c21-8-10-22-11-12-24-19-16-3-1-2-4-18(16)25-20-15-7-9-23-13-14(15)5-6-17(19)20;;;/h1-7,9,13,22H,8,10-12H2,(H,24,25);2*1H;1H2. The quantitative estimate of drug-likeness (QED) is 0.203. The highest BCUT2D eigenvalue weighted by molar-refractivity contribution is 6.18. The SMILES string of the molecule is Cl.Cl.ClCCNCCNc1c2ccccc2nc2c1ccc1cnccc12.O. The molecule has 0 amide bonds. The monoisotopic (exact) mass is 440 g/mol. The van der Waals surface area contributed by atoms with Gasteiger partial charge in [-0.05, 0) is 12.1 Å². The summed E-state index contributed by atoms with van der Waals surface area (Å²) in [5.41, 5.74) is 3.14. The van der Waals surface area contributed by atoms with Crippen molar-refractivity contribution in [1.82, 2.24) is 15.3 Å². The van der Waals surface area contributed by atoms with E-state index in [1.165, 1.54) is 0 Å². The molecule has 0 bridgehead atoms. The zero-order chi connectivity index (χ0) is 17.1. The van der Waals surface area contributed by atoms with Gasteiger partial charge in [0.25, 0.3) is 0 Å². The van der Waals surface area contributed by atoms with Crippen LogP contribution in [0, 0.1) is 0 Å². The molecule has 5 nitrogen and oxygen atoms in total. The van der Waals surface area contributed by atoms with Crippen LogP contribution in [-0.4, -0.2) is 41.0 Å². The van der Waals surface area contributed by atoms with Gasteiger partial charge in [-0.15, -0.1) is 36.4 Å². The number of pyridine rings is 2. The second kappa shape index (κ2) is 11.2. The lowest BCUT2D eigenvalue weighted by Gasteiger charge is -2.14. The van der Waals surface area contributed by atoms with Gasteiger partial charge in [0.1, 0.15) is 0 Å². The first-order valence-electron chi connectivity index (χ1n) is 8.44. The highest BCUT2D eigenvalue weighted by Gasteiger charge is 2.11. The highest BCUT2D eigenvalue weighted by Crippen LogP contribution is 2.34. The van der Waals surface area contributed by atoms with Crippen LogP contribution in [0.2, 0.25) is 0 Å².